The molecule has 2 atom stereocenters. The molecule has 1 saturated carbocycles. The number of nitrogens with one attached hydrogen (secondary N) is 1. The molecule has 1 aromatic rings. The molecule has 0 saturated heterocycles. The van der Waals surface area contributed by atoms with Crippen LogP contribution >= 0.6 is 11.5 Å². The summed E-state index contributed by atoms with van der Waals surface area (Å²) in [5.74, 6) is -0.763. The Kier molecular flexibility index (Phi) is 3.53. The van der Waals surface area contributed by atoms with E-state index in [1.807, 2.05) is 0 Å². The predicted molar refractivity (Wildman–Crippen MR) is 58.7 cm³/mol. The van der Waals surface area contributed by atoms with E-state index in [-0.39, 0.29) is 11.2 Å². The summed E-state index contributed by atoms with van der Waals surface area (Å²) in [5.41, 5.74) is 5.60. The Hall–Kier alpha value is -0.890. The van der Waals surface area contributed by atoms with Crippen LogP contribution in [-0.2, 0) is 6.18 Å². The van der Waals surface area contributed by atoms with Gasteiger partial charge in [-0.2, -0.15) is 22.5 Å². The van der Waals surface area contributed by atoms with Crippen molar-refractivity contribution < 1.29 is 13.2 Å². The summed E-state index contributed by atoms with van der Waals surface area (Å²) in [5, 5.41) is 3.22. The Morgan fingerprint density at radius 1 is 1.41 bits per heavy atom. The summed E-state index contributed by atoms with van der Waals surface area (Å²) in [4.78, 5) is 3.44. The van der Waals surface area contributed by atoms with Crippen molar-refractivity contribution >= 4 is 16.7 Å². The summed E-state index contributed by atoms with van der Waals surface area (Å²) < 4.78 is 40.2. The molecule has 3 N–H and O–H groups in total. The minimum absolute atomic E-state index is 0.119. The molecule has 0 bridgehead atoms. The first kappa shape index (κ1) is 12.6. The van der Waals surface area contributed by atoms with Crippen molar-refractivity contribution in [3.8, 4) is 0 Å². The van der Waals surface area contributed by atoms with Crippen molar-refractivity contribution in [3.05, 3.63) is 5.82 Å². The maximum absolute atomic E-state index is 12.3. The number of rotatable bonds is 3. The van der Waals surface area contributed by atoms with E-state index in [9.17, 15) is 13.2 Å². The number of hydrogen-bond acceptors (Lipinski definition) is 5. The van der Waals surface area contributed by atoms with Crippen molar-refractivity contribution in [3.63, 3.8) is 0 Å². The standard InChI is InChI=1S/C9H13F3N4S/c10-9(11,12)7-15-8(17-16-7)14-6-3-1-2-5(6)4-13/h5-6H,1-4,13H2,(H,14,15,16). The molecule has 0 aliphatic heterocycles. The van der Waals surface area contributed by atoms with Crippen LogP contribution in [0.15, 0.2) is 0 Å². The molecule has 0 amide bonds. The first-order valence-electron chi connectivity index (χ1n) is 5.38. The van der Waals surface area contributed by atoms with Gasteiger partial charge in [0.1, 0.15) is 0 Å². The van der Waals surface area contributed by atoms with Gasteiger partial charge in [-0.3, -0.25) is 0 Å². The molecule has 2 rings (SSSR count). The molecule has 1 aromatic heterocycles. The summed E-state index contributed by atoms with van der Waals surface area (Å²) in [6, 6.07) is 0.119. The molecule has 96 valence electrons. The van der Waals surface area contributed by atoms with Gasteiger partial charge in [0.05, 0.1) is 0 Å². The van der Waals surface area contributed by atoms with Crippen LogP contribution in [-0.4, -0.2) is 21.9 Å². The largest absolute Gasteiger partial charge is 0.452 e. The fraction of sp³-hybridized carbons (Fsp3) is 0.778. The maximum Gasteiger partial charge on any atom is 0.452 e. The fourth-order valence-electron chi connectivity index (χ4n) is 2.06. The lowest BCUT2D eigenvalue weighted by Crippen LogP contribution is -2.29. The van der Waals surface area contributed by atoms with E-state index in [4.69, 9.17) is 5.73 Å². The predicted octanol–water partition coefficient (Wildman–Crippen LogP) is 2.10. The highest BCUT2D eigenvalue weighted by molar-refractivity contribution is 7.09. The lowest BCUT2D eigenvalue weighted by Gasteiger charge is -2.18. The van der Waals surface area contributed by atoms with Crippen molar-refractivity contribution in [2.24, 2.45) is 11.7 Å². The Bertz CT molecular complexity index is 379. The minimum Gasteiger partial charge on any atom is -0.357 e. The van der Waals surface area contributed by atoms with E-state index in [0.29, 0.717) is 12.5 Å². The van der Waals surface area contributed by atoms with E-state index in [1.165, 1.54) is 0 Å². The Balaban J connectivity index is 2.02. The highest BCUT2D eigenvalue weighted by Crippen LogP contribution is 2.31. The van der Waals surface area contributed by atoms with E-state index in [0.717, 1.165) is 30.8 Å². The van der Waals surface area contributed by atoms with Crippen LogP contribution in [0.1, 0.15) is 25.1 Å². The smallest absolute Gasteiger partial charge is 0.357 e. The molecule has 1 aliphatic rings. The first-order chi connectivity index (χ1) is 8.00. The van der Waals surface area contributed by atoms with Gasteiger partial charge < -0.3 is 11.1 Å². The van der Waals surface area contributed by atoms with Crippen molar-refractivity contribution in [2.45, 2.75) is 31.5 Å². The number of nitrogens with zero attached hydrogens (tertiary/aromatic N) is 2. The third-order valence-corrected chi connectivity index (χ3v) is 3.60. The van der Waals surface area contributed by atoms with Gasteiger partial charge >= 0.3 is 6.18 Å². The molecule has 2 unspecified atom stereocenters. The summed E-state index contributed by atoms with van der Waals surface area (Å²) in [6.07, 6.45) is -1.49. The Labute approximate surface area is 101 Å². The minimum atomic E-state index is -4.47. The highest BCUT2D eigenvalue weighted by Gasteiger charge is 2.36. The third-order valence-electron chi connectivity index (χ3n) is 2.95. The summed E-state index contributed by atoms with van der Waals surface area (Å²) in [6.45, 7) is 0.544. The van der Waals surface area contributed by atoms with Crippen molar-refractivity contribution in [1.82, 2.24) is 9.36 Å². The van der Waals surface area contributed by atoms with E-state index in [1.54, 1.807) is 0 Å². The average molecular weight is 266 g/mol. The molecule has 4 nitrogen and oxygen atoms in total. The Morgan fingerprint density at radius 3 is 2.76 bits per heavy atom. The van der Waals surface area contributed by atoms with Crippen molar-refractivity contribution in [1.29, 1.82) is 0 Å². The molecular weight excluding hydrogens is 253 g/mol. The molecular formula is C9H13F3N4S. The van der Waals surface area contributed by atoms with E-state index in [2.05, 4.69) is 14.7 Å². The molecule has 0 radical (unpaired) electrons. The summed E-state index contributed by atoms with van der Waals surface area (Å²) in [7, 11) is 0. The number of aromatic nitrogens is 2. The van der Waals surface area contributed by atoms with Crippen LogP contribution in [0, 0.1) is 5.92 Å². The summed E-state index contributed by atoms with van der Waals surface area (Å²) >= 11 is 0.743. The van der Waals surface area contributed by atoms with Gasteiger partial charge in [0.15, 0.2) is 0 Å². The maximum atomic E-state index is 12.3. The van der Waals surface area contributed by atoms with Gasteiger partial charge in [0.2, 0.25) is 11.0 Å². The number of nitrogens with two attached hydrogens (primary N) is 1. The first-order valence-corrected chi connectivity index (χ1v) is 6.15. The van der Waals surface area contributed by atoms with Crippen LogP contribution < -0.4 is 11.1 Å². The van der Waals surface area contributed by atoms with Gasteiger partial charge in [-0.1, -0.05) is 6.42 Å². The van der Waals surface area contributed by atoms with Gasteiger partial charge in [-0.05, 0) is 25.3 Å². The zero-order valence-electron chi connectivity index (χ0n) is 9.00. The van der Waals surface area contributed by atoms with Crippen LogP contribution in [0.25, 0.3) is 0 Å². The number of halogens is 3. The molecule has 1 fully saturated rings. The third kappa shape index (κ3) is 2.86. The van der Waals surface area contributed by atoms with Crippen LogP contribution in [0.4, 0.5) is 18.3 Å². The van der Waals surface area contributed by atoms with Gasteiger partial charge in [0.25, 0.3) is 0 Å². The molecule has 0 aromatic carbocycles. The number of alkyl halides is 3. The van der Waals surface area contributed by atoms with Gasteiger partial charge in [-0.15, -0.1) is 0 Å². The number of anilines is 1. The quantitative estimate of drug-likeness (QED) is 0.879. The lowest BCUT2D eigenvalue weighted by molar-refractivity contribution is -0.144. The zero-order chi connectivity index (χ0) is 12.5. The second-order valence-corrected chi connectivity index (χ2v) is 4.85. The topological polar surface area (TPSA) is 63.8 Å². The SMILES string of the molecule is NCC1CCCC1Nc1nc(C(F)(F)F)ns1. The normalized spacial score (nSPS) is 25.2. The van der Waals surface area contributed by atoms with Gasteiger partial charge in [0, 0.05) is 17.6 Å². The van der Waals surface area contributed by atoms with Gasteiger partial charge in [-0.25, -0.2) is 0 Å². The molecule has 0 spiro atoms. The molecule has 1 aliphatic carbocycles. The molecule has 1 heterocycles. The zero-order valence-corrected chi connectivity index (χ0v) is 9.81. The number of hydrogen-bond donors (Lipinski definition) is 2. The lowest BCUT2D eigenvalue weighted by atomic mass is 10.0. The Morgan fingerprint density at radius 2 is 2.18 bits per heavy atom. The fourth-order valence-corrected chi connectivity index (χ4v) is 2.71. The van der Waals surface area contributed by atoms with Crippen molar-refractivity contribution in [2.75, 3.05) is 11.9 Å². The molecule has 17 heavy (non-hydrogen) atoms. The highest BCUT2D eigenvalue weighted by atomic mass is 32.1. The van der Waals surface area contributed by atoms with E-state index < -0.39 is 12.0 Å². The van der Waals surface area contributed by atoms with E-state index >= 15 is 0 Å². The molecule has 8 heteroatoms. The monoisotopic (exact) mass is 266 g/mol. The average Bonchev–Trinajstić information content (AvgIpc) is 2.86. The van der Waals surface area contributed by atoms with Crippen LogP contribution in [0.3, 0.4) is 0 Å². The second kappa shape index (κ2) is 4.77. The van der Waals surface area contributed by atoms with Crippen LogP contribution in [0.2, 0.25) is 0 Å². The second-order valence-electron chi connectivity index (χ2n) is 4.10. The van der Waals surface area contributed by atoms with Crippen LogP contribution in [0.5, 0.6) is 0 Å².